The Hall–Kier alpha value is -2.43. The molecule has 2 aliphatic rings. The van der Waals surface area contributed by atoms with Crippen LogP contribution in [0.2, 0.25) is 0 Å². The van der Waals surface area contributed by atoms with Crippen LogP contribution in [0, 0.1) is 0 Å². The number of hydrogen-bond donors (Lipinski definition) is 0. The fourth-order valence-electron chi connectivity index (χ4n) is 5.03. The number of sulfonamides is 1. The molecule has 3 heterocycles. The molecule has 0 saturated heterocycles. The summed E-state index contributed by atoms with van der Waals surface area (Å²) in [6.07, 6.45) is 6.25. The number of rotatable bonds is 7. The third kappa shape index (κ3) is 4.23. The van der Waals surface area contributed by atoms with Gasteiger partial charge in [0.2, 0.25) is 10.0 Å². The first-order chi connectivity index (χ1) is 16.4. The van der Waals surface area contributed by atoms with E-state index in [1.165, 1.54) is 11.3 Å². The monoisotopic (exact) mass is 503 g/mol. The predicted octanol–water partition coefficient (Wildman–Crippen LogP) is 3.35. The van der Waals surface area contributed by atoms with Gasteiger partial charge in [-0.3, -0.25) is 9.36 Å². The maximum atomic E-state index is 13.4. The quantitative estimate of drug-likeness (QED) is 0.491. The van der Waals surface area contributed by atoms with Crippen molar-refractivity contribution in [1.29, 1.82) is 0 Å². The highest BCUT2D eigenvalue weighted by Gasteiger charge is 2.37. The molecule has 0 atom stereocenters. The number of hydrogen-bond acceptors (Lipinski definition) is 7. The van der Waals surface area contributed by atoms with Crippen molar-refractivity contribution >= 4 is 31.6 Å². The van der Waals surface area contributed by atoms with Crippen LogP contribution in [-0.2, 0) is 36.0 Å². The summed E-state index contributed by atoms with van der Waals surface area (Å²) in [6.45, 7) is 1.25. The lowest BCUT2D eigenvalue weighted by molar-refractivity contribution is 0.389. The summed E-state index contributed by atoms with van der Waals surface area (Å²) in [6, 6.07) is 5.69. The van der Waals surface area contributed by atoms with E-state index in [0.29, 0.717) is 54.2 Å². The van der Waals surface area contributed by atoms with Gasteiger partial charge in [0.15, 0.2) is 0 Å². The number of methoxy groups -OCH3 is 2. The maximum Gasteiger partial charge on any atom is 0.262 e. The number of nitrogens with zero attached hydrogens (tertiary/aromatic N) is 3. The largest absolute Gasteiger partial charge is 0.497 e. The summed E-state index contributed by atoms with van der Waals surface area (Å²) < 4.78 is 40.1. The Morgan fingerprint density at radius 1 is 1.12 bits per heavy atom. The van der Waals surface area contributed by atoms with Crippen molar-refractivity contribution in [2.24, 2.45) is 0 Å². The molecule has 1 aliphatic carbocycles. The highest BCUT2D eigenvalue weighted by Crippen LogP contribution is 2.35. The highest BCUT2D eigenvalue weighted by molar-refractivity contribution is 7.89. The average Bonchev–Trinajstić information content (AvgIpc) is 3.51. The number of aryl methyl sites for hydroxylation is 2. The molecule has 5 rings (SSSR count). The number of thiophene rings is 1. The van der Waals surface area contributed by atoms with E-state index in [9.17, 15) is 13.2 Å². The number of aromatic nitrogens is 2. The Morgan fingerprint density at radius 3 is 2.50 bits per heavy atom. The zero-order valence-electron chi connectivity index (χ0n) is 19.5. The molecule has 0 bridgehead atoms. The molecule has 1 fully saturated rings. The van der Waals surface area contributed by atoms with Gasteiger partial charge in [0, 0.05) is 30.6 Å². The molecule has 8 nitrogen and oxygen atoms in total. The predicted molar refractivity (Wildman–Crippen MR) is 132 cm³/mol. The fraction of sp³-hybridized carbons (Fsp3) is 0.500. The minimum absolute atomic E-state index is 0.0653. The van der Waals surface area contributed by atoms with E-state index in [1.807, 2.05) is 18.2 Å². The molecule has 34 heavy (non-hydrogen) atoms. The van der Waals surface area contributed by atoms with Crippen molar-refractivity contribution in [1.82, 2.24) is 13.9 Å². The molecule has 0 spiro atoms. The Balaban J connectivity index is 1.39. The van der Waals surface area contributed by atoms with Gasteiger partial charge >= 0.3 is 0 Å². The first-order valence-corrected chi connectivity index (χ1v) is 13.9. The first kappa shape index (κ1) is 23.3. The van der Waals surface area contributed by atoms with Crippen molar-refractivity contribution in [2.75, 3.05) is 20.8 Å². The van der Waals surface area contributed by atoms with Gasteiger partial charge in [-0.1, -0.05) is 12.8 Å². The highest BCUT2D eigenvalue weighted by atomic mass is 32.2. The van der Waals surface area contributed by atoms with E-state index in [-0.39, 0.29) is 10.8 Å². The van der Waals surface area contributed by atoms with Crippen LogP contribution >= 0.6 is 11.3 Å². The minimum atomic E-state index is -3.30. The lowest BCUT2D eigenvalue weighted by Crippen LogP contribution is -2.40. The van der Waals surface area contributed by atoms with Crippen LogP contribution in [0.3, 0.4) is 0 Å². The van der Waals surface area contributed by atoms with Crippen LogP contribution in [0.1, 0.15) is 41.7 Å². The summed E-state index contributed by atoms with van der Waals surface area (Å²) >= 11 is 1.45. The van der Waals surface area contributed by atoms with Gasteiger partial charge in [0.05, 0.1) is 31.2 Å². The maximum absolute atomic E-state index is 13.4. The summed E-state index contributed by atoms with van der Waals surface area (Å²) in [5, 5.41) is 0.387. The number of ether oxygens (including phenoxy) is 2. The zero-order valence-corrected chi connectivity index (χ0v) is 21.1. The Labute approximate surface area is 203 Å². The molecule has 182 valence electrons. The topological polar surface area (TPSA) is 90.7 Å². The van der Waals surface area contributed by atoms with E-state index >= 15 is 0 Å². The van der Waals surface area contributed by atoms with E-state index in [4.69, 9.17) is 9.47 Å². The Kier molecular flexibility index (Phi) is 6.39. The lowest BCUT2D eigenvalue weighted by Gasteiger charge is -2.28. The van der Waals surface area contributed by atoms with Crippen molar-refractivity contribution in [3.8, 4) is 11.5 Å². The summed E-state index contributed by atoms with van der Waals surface area (Å²) in [5.74, 6) is 1.42. The molecular weight excluding hydrogens is 474 g/mol. The van der Waals surface area contributed by atoms with E-state index in [0.717, 1.165) is 41.7 Å². The molecule has 1 aromatic carbocycles. The average molecular weight is 504 g/mol. The lowest BCUT2D eigenvalue weighted by atomic mass is 10.1. The molecule has 1 aliphatic heterocycles. The first-order valence-electron chi connectivity index (χ1n) is 11.6. The van der Waals surface area contributed by atoms with E-state index in [1.54, 1.807) is 29.4 Å². The second-order valence-corrected chi connectivity index (χ2v) is 12.2. The van der Waals surface area contributed by atoms with Crippen LogP contribution in [0.15, 0.2) is 29.3 Å². The summed E-state index contributed by atoms with van der Waals surface area (Å²) in [4.78, 5) is 19.6. The second-order valence-electron chi connectivity index (χ2n) is 8.93. The number of benzene rings is 1. The van der Waals surface area contributed by atoms with Crippen molar-refractivity contribution in [3.63, 3.8) is 0 Å². The van der Waals surface area contributed by atoms with Crippen LogP contribution < -0.4 is 15.0 Å². The molecule has 10 heteroatoms. The van der Waals surface area contributed by atoms with Gasteiger partial charge in [-0.15, -0.1) is 11.3 Å². The Bertz CT molecular complexity index is 1350. The molecule has 2 aromatic heterocycles. The standard InChI is InChI=1S/C24H29N3O5S2/c1-31-17-11-16(12-18(13-17)32-2)7-9-26-15-25-23-22(24(26)28)20-8-10-27(14-21(20)33-23)34(29,30)19-5-3-4-6-19/h11-13,15,19H,3-10,14H2,1-2H3. The smallest absolute Gasteiger partial charge is 0.262 e. The van der Waals surface area contributed by atoms with Crippen molar-refractivity contribution in [3.05, 3.63) is 50.9 Å². The summed E-state index contributed by atoms with van der Waals surface area (Å²) in [7, 11) is -0.0715. The normalized spacial score (nSPS) is 17.2. The van der Waals surface area contributed by atoms with Crippen LogP contribution in [0.4, 0.5) is 0 Å². The van der Waals surface area contributed by atoms with Crippen molar-refractivity contribution in [2.45, 2.75) is 56.9 Å². The van der Waals surface area contributed by atoms with Gasteiger partial charge < -0.3 is 9.47 Å². The van der Waals surface area contributed by atoms with Gasteiger partial charge in [-0.25, -0.2) is 13.4 Å². The van der Waals surface area contributed by atoms with Crippen LogP contribution in [-0.4, -0.2) is 48.3 Å². The SMILES string of the molecule is COc1cc(CCn2cnc3sc4c(c3c2=O)CCN(S(=O)(=O)C2CCCC2)C4)cc(OC)c1. The molecule has 0 N–H and O–H groups in total. The van der Waals surface area contributed by atoms with Gasteiger partial charge in [0.25, 0.3) is 5.56 Å². The second kappa shape index (κ2) is 9.31. The molecule has 0 radical (unpaired) electrons. The third-order valence-corrected chi connectivity index (χ3v) is 10.4. The van der Waals surface area contributed by atoms with Gasteiger partial charge in [0.1, 0.15) is 16.3 Å². The van der Waals surface area contributed by atoms with Crippen molar-refractivity contribution < 1.29 is 17.9 Å². The van der Waals surface area contributed by atoms with Gasteiger partial charge in [-0.05, 0) is 48.9 Å². The third-order valence-electron chi connectivity index (χ3n) is 6.93. The van der Waals surface area contributed by atoms with Crippen LogP contribution in [0.5, 0.6) is 11.5 Å². The minimum Gasteiger partial charge on any atom is -0.497 e. The fourth-order valence-corrected chi connectivity index (χ4v) is 8.31. The number of fused-ring (bicyclic) bond motifs is 3. The molecule has 0 unspecified atom stereocenters. The van der Waals surface area contributed by atoms with E-state index in [2.05, 4.69) is 4.98 Å². The molecular formula is C24H29N3O5S2. The van der Waals surface area contributed by atoms with E-state index < -0.39 is 10.0 Å². The Morgan fingerprint density at radius 2 is 1.82 bits per heavy atom. The molecule has 3 aromatic rings. The summed E-state index contributed by atoms with van der Waals surface area (Å²) in [5.41, 5.74) is 1.90. The molecule has 1 saturated carbocycles. The van der Waals surface area contributed by atoms with Crippen LogP contribution in [0.25, 0.3) is 10.2 Å². The van der Waals surface area contributed by atoms with Gasteiger partial charge in [-0.2, -0.15) is 4.31 Å². The molecule has 0 amide bonds. The zero-order chi connectivity index (χ0) is 23.9.